The monoisotopic (exact) mass is 345 g/mol. The SMILES string of the molecule is COC(=O)c1ccc(C(=O)N2CCSC2c2cccc(F)c2)cc1. The molecule has 1 heterocycles. The summed E-state index contributed by atoms with van der Waals surface area (Å²) in [7, 11) is 1.31. The predicted octanol–water partition coefficient (Wildman–Crippen LogP) is 3.50. The summed E-state index contributed by atoms with van der Waals surface area (Å²) < 4.78 is 18.1. The van der Waals surface area contributed by atoms with Gasteiger partial charge in [-0.15, -0.1) is 11.8 Å². The Kier molecular flexibility index (Phi) is 4.85. The number of amides is 1. The minimum Gasteiger partial charge on any atom is -0.465 e. The van der Waals surface area contributed by atoms with Crippen LogP contribution in [0.2, 0.25) is 0 Å². The fourth-order valence-corrected chi connectivity index (χ4v) is 3.89. The average Bonchev–Trinajstić information content (AvgIpc) is 3.10. The molecule has 1 fully saturated rings. The van der Waals surface area contributed by atoms with E-state index in [2.05, 4.69) is 4.74 Å². The molecule has 24 heavy (non-hydrogen) atoms. The minimum absolute atomic E-state index is 0.134. The van der Waals surface area contributed by atoms with Crippen molar-refractivity contribution >= 4 is 23.6 Å². The number of halogens is 1. The highest BCUT2D eigenvalue weighted by Crippen LogP contribution is 2.38. The lowest BCUT2D eigenvalue weighted by Gasteiger charge is -2.24. The number of nitrogens with zero attached hydrogens (tertiary/aromatic N) is 1. The zero-order valence-electron chi connectivity index (χ0n) is 13.1. The number of hydrogen-bond acceptors (Lipinski definition) is 4. The normalized spacial score (nSPS) is 16.9. The Morgan fingerprint density at radius 1 is 1.17 bits per heavy atom. The third kappa shape index (κ3) is 3.28. The maximum absolute atomic E-state index is 13.5. The molecule has 1 atom stereocenters. The molecule has 124 valence electrons. The van der Waals surface area contributed by atoms with E-state index in [-0.39, 0.29) is 17.1 Å². The second kappa shape index (κ2) is 7.05. The van der Waals surface area contributed by atoms with Crippen molar-refractivity contribution in [3.63, 3.8) is 0 Å². The molecule has 2 aromatic rings. The van der Waals surface area contributed by atoms with Gasteiger partial charge in [-0.3, -0.25) is 4.79 Å². The van der Waals surface area contributed by atoms with E-state index in [1.165, 1.54) is 19.2 Å². The smallest absolute Gasteiger partial charge is 0.337 e. The lowest BCUT2D eigenvalue weighted by molar-refractivity contribution is 0.0599. The van der Waals surface area contributed by atoms with Gasteiger partial charge in [0.05, 0.1) is 12.7 Å². The quantitative estimate of drug-likeness (QED) is 0.799. The summed E-state index contributed by atoms with van der Waals surface area (Å²) in [5.74, 6) is -0.0865. The van der Waals surface area contributed by atoms with Gasteiger partial charge in [-0.2, -0.15) is 0 Å². The summed E-state index contributed by atoms with van der Waals surface area (Å²) >= 11 is 1.61. The molecule has 1 amide bonds. The molecule has 1 saturated heterocycles. The number of thioether (sulfide) groups is 1. The number of carbonyl (C=O) groups excluding carboxylic acids is 2. The Balaban J connectivity index is 1.82. The van der Waals surface area contributed by atoms with E-state index in [0.29, 0.717) is 17.7 Å². The zero-order chi connectivity index (χ0) is 17.1. The first kappa shape index (κ1) is 16.5. The molecule has 0 aromatic heterocycles. The Labute approximate surface area is 143 Å². The third-order valence-electron chi connectivity index (χ3n) is 3.84. The van der Waals surface area contributed by atoms with Gasteiger partial charge in [0.15, 0.2) is 0 Å². The van der Waals surface area contributed by atoms with Crippen LogP contribution in [-0.2, 0) is 4.74 Å². The number of esters is 1. The zero-order valence-corrected chi connectivity index (χ0v) is 13.9. The number of benzene rings is 2. The fraction of sp³-hybridized carbons (Fsp3) is 0.222. The standard InChI is InChI=1S/C18H16FNO3S/c1-23-18(22)13-7-5-12(6-8-13)16(21)20-9-10-24-17(20)14-3-2-4-15(19)11-14/h2-8,11,17H,9-10H2,1H3. The molecule has 1 aliphatic heterocycles. The van der Waals surface area contributed by atoms with E-state index in [0.717, 1.165) is 11.3 Å². The van der Waals surface area contributed by atoms with Crippen LogP contribution in [0, 0.1) is 5.82 Å². The first-order chi connectivity index (χ1) is 11.6. The van der Waals surface area contributed by atoms with Crippen LogP contribution in [0.1, 0.15) is 31.7 Å². The van der Waals surface area contributed by atoms with E-state index >= 15 is 0 Å². The summed E-state index contributed by atoms with van der Waals surface area (Å²) in [6.07, 6.45) is 0. The molecule has 1 unspecified atom stereocenters. The van der Waals surface area contributed by atoms with Gasteiger partial charge in [-0.05, 0) is 42.0 Å². The van der Waals surface area contributed by atoms with E-state index in [1.54, 1.807) is 47.0 Å². The highest BCUT2D eigenvalue weighted by atomic mass is 32.2. The molecule has 0 radical (unpaired) electrons. The van der Waals surface area contributed by atoms with Crippen LogP contribution in [0.5, 0.6) is 0 Å². The number of methoxy groups -OCH3 is 1. The maximum Gasteiger partial charge on any atom is 0.337 e. The topological polar surface area (TPSA) is 46.6 Å². The molecule has 3 rings (SSSR count). The van der Waals surface area contributed by atoms with E-state index in [9.17, 15) is 14.0 Å². The van der Waals surface area contributed by atoms with Crippen LogP contribution in [-0.4, -0.2) is 36.2 Å². The summed E-state index contributed by atoms with van der Waals surface area (Å²) in [5, 5.41) is -0.200. The van der Waals surface area contributed by atoms with Crippen LogP contribution >= 0.6 is 11.8 Å². The first-order valence-electron chi connectivity index (χ1n) is 7.46. The first-order valence-corrected chi connectivity index (χ1v) is 8.51. The van der Waals surface area contributed by atoms with E-state index < -0.39 is 5.97 Å². The largest absolute Gasteiger partial charge is 0.465 e. The number of rotatable bonds is 3. The summed E-state index contributed by atoms with van der Waals surface area (Å²) in [4.78, 5) is 26.0. The third-order valence-corrected chi connectivity index (χ3v) is 5.10. The molecule has 2 aromatic carbocycles. The lowest BCUT2D eigenvalue weighted by Crippen LogP contribution is -2.30. The van der Waals surface area contributed by atoms with E-state index in [4.69, 9.17) is 0 Å². The number of hydrogen-bond donors (Lipinski definition) is 0. The van der Waals surface area contributed by atoms with Crippen molar-refractivity contribution in [1.82, 2.24) is 4.90 Å². The molecular weight excluding hydrogens is 329 g/mol. The van der Waals surface area contributed by atoms with Crippen molar-refractivity contribution in [2.75, 3.05) is 19.4 Å². The Morgan fingerprint density at radius 3 is 2.54 bits per heavy atom. The highest BCUT2D eigenvalue weighted by Gasteiger charge is 2.31. The molecule has 1 aliphatic rings. The maximum atomic E-state index is 13.5. The fourth-order valence-electron chi connectivity index (χ4n) is 2.65. The average molecular weight is 345 g/mol. The molecule has 4 nitrogen and oxygen atoms in total. The molecule has 0 saturated carbocycles. The van der Waals surface area contributed by atoms with Gasteiger partial charge in [0, 0.05) is 17.9 Å². The predicted molar refractivity (Wildman–Crippen MR) is 90.4 cm³/mol. The Bertz CT molecular complexity index is 763. The van der Waals surface area contributed by atoms with Gasteiger partial charge in [-0.25, -0.2) is 9.18 Å². The summed E-state index contributed by atoms with van der Waals surface area (Å²) in [5.41, 5.74) is 1.66. The number of carbonyl (C=O) groups is 2. The highest BCUT2D eigenvalue weighted by molar-refractivity contribution is 7.99. The van der Waals surface area contributed by atoms with Gasteiger partial charge in [0.25, 0.3) is 5.91 Å². The summed E-state index contributed by atoms with van der Waals surface area (Å²) in [6.45, 7) is 0.601. The lowest BCUT2D eigenvalue weighted by atomic mass is 10.1. The van der Waals surface area contributed by atoms with Gasteiger partial charge in [-0.1, -0.05) is 12.1 Å². The molecule has 0 spiro atoms. The Morgan fingerprint density at radius 2 is 1.88 bits per heavy atom. The van der Waals surface area contributed by atoms with Crippen molar-refractivity contribution < 1.29 is 18.7 Å². The molecular formula is C18H16FNO3S. The van der Waals surface area contributed by atoms with Crippen molar-refractivity contribution in [3.8, 4) is 0 Å². The second-order valence-electron chi connectivity index (χ2n) is 5.35. The van der Waals surface area contributed by atoms with Crippen molar-refractivity contribution in [3.05, 3.63) is 71.0 Å². The molecule has 0 N–H and O–H groups in total. The minimum atomic E-state index is -0.441. The van der Waals surface area contributed by atoms with Gasteiger partial charge in [0.2, 0.25) is 0 Å². The van der Waals surface area contributed by atoms with Crippen LogP contribution in [0.4, 0.5) is 4.39 Å². The van der Waals surface area contributed by atoms with Crippen molar-refractivity contribution in [1.29, 1.82) is 0 Å². The number of ether oxygens (including phenoxy) is 1. The van der Waals surface area contributed by atoms with E-state index in [1.807, 2.05) is 6.07 Å². The van der Waals surface area contributed by atoms with Crippen LogP contribution in [0.25, 0.3) is 0 Å². The van der Waals surface area contributed by atoms with Crippen molar-refractivity contribution in [2.45, 2.75) is 5.37 Å². The molecule has 6 heteroatoms. The molecule has 0 bridgehead atoms. The van der Waals surface area contributed by atoms with Crippen LogP contribution in [0.15, 0.2) is 48.5 Å². The Hall–Kier alpha value is -2.34. The second-order valence-corrected chi connectivity index (χ2v) is 6.53. The van der Waals surface area contributed by atoms with Crippen LogP contribution in [0.3, 0.4) is 0 Å². The van der Waals surface area contributed by atoms with Crippen molar-refractivity contribution in [2.24, 2.45) is 0 Å². The summed E-state index contributed by atoms with van der Waals surface area (Å²) in [6, 6.07) is 12.7. The molecule has 0 aliphatic carbocycles. The van der Waals surface area contributed by atoms with Gasteiger partial charge >= 0.3 is 5.97 Å². The van der Waals surface area contributed by atoms with Gasteiger partial charge in [0.1, 0.15) is 11.2 Å². The van der Waals surface area contributed by atoms with Crippen LogP contribution < -0.4 is 0 Å². The van der Waals surface area contributed by atoms with Gasteiger partial charge < -0.3 is 9.64 Å².